The van der Waals surface area contributed by atoms with Crippen LogP contribution in [0, 0.1) is 33.5 Å². The van der Waals surface area contributed by atoms with Crippen molar-refractivity contribution in [2.75, 3.05) is 0 Å². The second-order valence-corrected chi connectivity index (χ2v) is 12.1. The number of aliphatic carboxylic acids is 2. The van der Waals surface area contributed by atoms with Crippen molar-refractivity contribution < 1.29 is 19.8 Å². The highest BCUT2D eigenvalue weighted by atomic mass is 16.4. The van der Waals surface area contributed by atoms with Crippen molar-refractivity contribution in [1.29, 1.82) is 0 Å². The van der Waals surface area contributed by atoms with Crippen LogP contribution in [0.2, 0.25) is 0 Å². The van der Waals surface area contributed by atoms with Crippen LogP contribution in [0.25, 0.3) is 0 Å². The van der Waals surface area contributed by atoms with Gasteiger partial charge in [0.1, 0.15) is 0 Å². The van der Waals surface area contributed by atoms with E-state index in [2.05, 4.69) is 27.7 Å². The molecule has 0 radical (unpaired) electrons. The third kappa shape index (κ3) is 7.40. The van der Waals surface area contributed by atoms with Crippen LogP contribution in [-0.4, -0.2) is 22.2 Å². The molecule has 2 N–H and O–H groups in total. The van der Waals surface area contributed by atoms with Crippen molar-refractivity contribution in [1.82, 2.24) is 0 Å². The third-order valence-corrected chi connectivity index (χ3v) is 5.70. The van der Waals surface area contributed by atoms with Gasteiger partial charge >= 0.3 is 11.9 Å². The molecule has 0 aliphatic heterocycles. The molecule has 166 valence electrons. The van der Waals surface area contributed by atoms with E-state index in [-0.39, 0.29) is 10.8 Å². The smallest absolute Gasteiger partial charge is 0.310 e. The van der Waals surface area contributed by atoms with Crippen LogP contribution < -0.4 is 0 Å². The molecule has 0 heterocycles. The first-order valence-corrected chi connectivity index (χ1v) is 10.9. The summed E-state index contributed by atoms with van der Waals surface area (Å²) in [7, 11) is 0. The van der Waals surface area contributed by atoms with E-state index in [0.29, 0.717) is 50.4 Å². The summed E-state index contributed by atoms with van der Waals surface area (Å²) in [6.07, 6.45) is 2.95. The van der Waals surface area contributed by atoms with E-state index in [1.807, 2.05) is 41.5 Å². The molecule has 0 amide bonds. The number of rotatable bonds is 11. The second-order valence-electron chi connectivity index (χ2n) is 12.1. The zero-order valence-electron chi connectivity index (χ0n) is 20.1. The Morgan fingerprint density at radius 3 is 1.04 bits per heavy atom. The monoisotopic (exact) mass is 398 g/mol. The molecule has 0 bridgehead atoms. The minimum atomic E-state index is -1.29. The fourth-order valence-corrected chi connectivity index (χ4v) is 4.65. The van der Waals surface area contributed by atoms with Gasteiger partial charge in [0.15, 0.2) is 0 Å². The molecule has 4 nitrogen and oxygen atoms in total. The molecule has 0 spiro atoms. The third-order valence-electron chi connectivity index (χ3n) is 5.70. The van der Waals surface area contributed by atoms with Crippen molar-refractivity contribution in [3.63, 3.8) is 0 Å². The molecule has 0 aromatic heterocycles. The van der Waals surface area contributed by atoms with Gasteiger partial charge in [-0.3, -0.25) is 9.59 Å². The lowest BCUT2D eigenvalue weighted by Gasteiger charge is -2.51. The lowest BCUT2D eigenvalue weighted by Crippen LogP contribution is -2.56. The minimum Gasteiger partial charge on any atom is -0.481 e. The van der Waals surface area contributed by atoms with Gasteiger partial charge in [-0.2, -0.15) is 0 Å². The Balaban J connectivity index is 6.82. The van der Waals surface area contributed by atoms with E-state index in [1.54, 1.807) is 0 Å². The van der Waals surface area contributed by atoms with E-state index < -0.39 is 22.8 Å². The average Bonchev–Trinajstić information content (AvgIpc) is 2.44. The van der Waals surface area contributed by atoms with E-state index in [4.69, 9.17) is 0 Å². The summed E-state index contributed by atoms with van der Waals surface area (Å²) >= 11 is 0. The van der Waals surface area contributed by atoms with E-state index >= 15 is 0 Å². The molecular weight excluding hydrogens is 352 g/mol. The lowest BCUT2D eigenvalue weighted by molar-refractivity contribution is -0.184. The highest BCUT2D eigenvalue weighted by Gasteiger charge is 2.62. The van der Waals surface area contributed by atoms with Crippen molar-refractivity contribution in [3.05, 3.63) is 0 Å². The Morgan fingerprint density at radius 1 is 0.643 bits per heavy atom. The highest BCUT2D eigenvalue weighted by molar-refractivity contribution is 5.87. The van der Waals surface area contributed by atoms with Crippen LogP contribution in [0.3, 0.4) is 0 Å². The van der Waals surface area contributed by atoms with Gasteiger partial charge in [0.2, 0.25) is 0 Å². The van der Waals surface area contributed by atoms with Gasteiger partial charge < -0.3 is 10.2 Å². The fourth-order valence-electron chi connectivity index (χ4n) is 4.65. The molecule has 0 aromatic carbocycles. The molecule has 0 fully saturated rings. The number of carbonyl (C=O) groups is 2. The quantitative estimate of drug-likeness (QED) is 0.398. The Morgan fingerprint density at radius 2 is 0.893 bits per heavy atom. The first kappa shape index (κ1) is 26.9. The zero-order valence-corrected chi connectivity index (χ0v) is 20.1. The minimum absolute atomic E-state index is 0.286. The van der Waals surface area contributed by atoms with Crippen LogP contribution in [0.1, 0.15) is 108 Å². The Labute approximate surface area is 173 Å². The van der Waals surface area contributed by atoms with Crippen LogP contribution in [-0.2, 0) is 9.59 Å². The molecule has 0 aliphatic carbocycles. The summed E-state index contributed by atoms with van der Waals surface area (Å²) in [6, 6.07) is 0. The summed E-state index contributed by atoms with van der Waals surface area (Å²) in [4.78, 5) is 25.9. The largest absolute Gasteiger partial charge is 0.481 e. The molecule has 0 aliphatic rings. The molecule has 0 saturated heterocycles. The van der Waals surface area contributed by atoms with Crippen molar-refractivity contribution in [2.24, 2.45) is 33.5 Å². The average molecular weight is 399 g/mol. The lowest BCUT2D eigenvalue weighted by atomic mass is 9.50. The topological polar surface area (TPSA) is 74.6 Å². The van der Waals surface area contributed by atoms with Gasteiger partial charge in [0.05, 0.1) is 10.8 Å². The highest BCUT2D eigenvalue weighted by Crippen LogP contribution is 2.58. The number of carboxylic acid groups (broad SMARTS) is 2. The standard InChI is InChI=1S/C24H46O4/c1-17(2)11-13-23(19(25)26,15-21(5,6)7)24(20(27)28,14-12-18(3)4)16-22(8,9)10/h17-18H,11-16H2,1-10H3,(H,25,26)(H,27,28). The van der Waals surface area contributed by atoms with E-state index in [1.165, 1.54) is 0 Å². The fraction of sp³-hybridized carbons (Fsp3) is 0.917. The van der Waals surface area contributed by atoms with Gasteiger partial charge in [0.25, 0.3) is 0 Å². The van der Waals surface area contributed by atoms with Gasteiger partial charge in [-0.15, -0.1) is 0 Å². The number of hydrogen-bond donors (Lipinski definition) is 2. The molecule has 0 rings (SSSR count). The van der Waals surface area contributed by atoms with E-state index in [0.717, 1.165) is 0 Å². The summed E-state index contributed by atoms with van der Waals surface area (Å²) in [5.41, 5.74) is -3.15. The van der Waals surface area contributed by atoms with Crippen molar-refractivity contribution in [3.8, 4) is 0 Å². The molecule has 28 heavy (non-hydrogen) atoms. The predicted molar refractivity (Wildman–Crippen MR) is 116 cm³/mol. The molecule has 0 saturated carbocycles. The summed E-state index contributed by atoms with van der Waals surface area (Å²) < 4.78 is 0. The summed E-state index contributed by atoms with van der Waals surface area (Å²) in [5, 5.41) is 21.2. The predicted octanol–water partition coefficient (Wildman–Crippen LogP) is 6.87. The first-order valence-electron chi connectivity index (χ1n) is 10.9. The first-order chi connectivity index (χ1) is 12.4. The maximum atomic E-state index is 12.9. The van der Waals surface area contributed by atoms with Crippen LogP contribution in [0.4, 0.5) is 0 Å². The van der Waals surface area contributed by atoms with Gasteiger partial charge in [0, 0.05) is 0 Å². The van der Waals surface area contributed by atoms with Gasteiger partial charge in [-0.05, 0) is 61.2 Å². The molecular formula is C24H46O4. The summed E-state index contributed by atoms with van der Waals surface area (Å²) in [5.74, 6) is -1.24. The second kappa shape index (κ2) is 9.63. The Hall–Kier alpha value is -1.06. The maximum Gasteiger partial charge on any atom is 0.310 e. The number of hydrogen-bond acceptors (Lipinski definition) is 2. The van der Waals surface area contributed by atoms with Gasteiger partial charge in [-0.1, -0.05) is 69.2 Å². The van der Waals surface area contributed by atoms with Crippen LogP contribution in [0.5, 0.6) is 0 Å². The normalized spacial score (nSPS) is 17.4. The van der Waals surface area contributed by atoms with Crippen molar-refractivity contribution >= 4 is 11.9 Å². The van der Waals surface area contributed by atoms with Crippen LogP contribution in [0.15, 0.2) is 0 Å². The molecule has 0 aromatic rings. The summed E-state index contributed by atoms with van der Waals surface area (Å²) in [6.45, 7) is 20.4. The molecule has 2 atom stereocenters. The van der Waals surface area contributed by atoms with E-state index in [9.17, 15) is 19.8 Å². The van der Waals surface area contributed by atoms with Crippen LogP contribution >= 0.6 is 0 Å². The van der Waals surface area contributed by atoms with Crippen molar-refractivity contribution in [2.45, 2.75) is 108 Å². The molecule has 2 unspecified atom stereocenters. The zero-order chi connectivity index (χ0) is 22.6. The molecule has 4 heteroatoms. The Bertz CT molecular complexity index is 474. The van der Waals surface area contributed by atoms with Gasteiger partial charge in [-0.25, -0.2) is 0 Å². The number of carboxylic acids is 2. The SMILES string of the molecule is CC(C)CCC(CC(C)(C)C)(C(=O)O)C(CCC(C)C)(CC(C)(C)C)C(=O)O. The Kier molecular flexibility index (Phi) is 9.26. The maximum absolute atomic E-state index is 12.9.